The standard InChI is InChI=1S/C21H21NO2/c1-15-8-4-5-11-18(15)14-22(2)21(23)19-12-16-9-6-7-10-17(16)13-20(19)24-3/h4-13H,14H2,1-3H3. The van der Waals surface area contributed by atoms with Crippen LogP contribution in [0.25, 0.3) is 10.8 Å². The van der Waals surface area contributed by atoms with Crippen LogP contribution in [-0.4, -0.2) is 25.0 Å². The average molecular weight is 319 g/mol. The first-order chi connectivity index (χ1) is 11.6. The number of hydrogen-bond acceptors (Lipinski definition) is 2. The van der Waals surface area contributed by atoms with Crippen LogP contribution in [-0.2, 0) is 6.54 Å². The molecule has 0 saturated carbocycles. The molecule has 24 heavy (non-hydrogen) atoms. The third-order valence-electron chi connectivity index (χ3n) is 4.31. The van der Waals surface area contributed by atoms with E-state index >= 15 is 0 Å². The lowest BCUT2D eigenvalue weighted by Crippen LogP contribution is -2.27. The van der Waals surface area contributed by atoms with Crippen molar-refractivity contribution in [2.24, 2.45) is 0 Å². The third kappa shape index (κ3) is 3.11. The fraction of sp³-hybridized carbons (Fsp3) is 0.190. The Bertz CT molecular complexity index is 886. The minimum absolute atomic E-state index is 0.0409. The molecule has 3 nitrogen and oxygen atoms in total. The number of fused-ring (bicyclic) bond motifs is 1. The average Bonchev–Trinajstić information content (AvgIpc) is 2.61. The van der Waals surface area contributed by atoms with Crippen molar-refractivity contribution < 1.29 is 9.53 Å². The highest BCUT2D eigenvalue weighted by Crippen LogP contribution is 2.27. The van der Waals surface area contributed by atoms with Crippen LogP contribution < -0.4 is 4.74 Å². The second-order valence-corrected chi connectivity index (χ2v) is 5.99. The number of methoxy groups -OCH3 is 1. The topological polar surface area (TPSA) is 29.5 Å². The van der Waals surface area contributed by atoms with Crippen LogP contribution in [0.15, 0.2) is 60.7 Å². The van der Waals surface area contributed by atoms with Crippen LogP contribution >= 0.6 is 0 Å². The van der Waals surface area contributed by atoms with Gasteiger partial charge in [0.25, 0.3) is 5.91 Å². The van der Waals surface area contributed by atoms with Crippen LogP contribution in [0.5, 0.6) is 5.75 Å². The Morgan fingerprint density at radius 3 is 2.29 bits per heavy atom. The summed E-state index contributed by atoms with van der Waals surface area (Å²) in [6.45, 7) is 2.63. The van der Waals surface area contributed by atoms with Gasteiger partial charge in [-0.1, -0.05) is 48.5 Å². The molecule has 0 aliphatic rings. The number of rotatable bonds is 4. The predicted octanol–water partition coefficient (Wildman–Crippen LogP) is 4.43. The van der Waals surface area contributed by atoms with E-state index in [1.165, 1.54) is 5.56 Å². The zero-order valence-corrected chi connectivity index (χ0v) is 14.2. The normalized spacial score (nSPS) is 10.6. The molecule has 0 bridgehead atoms. The van der Waals surface area contributed by atoms with E-state index in [2.05, 4.69) is 19.1 Å². The number of benzene rings is 3. The molecule has 1 amide bonds. The summed E-state index contributed by atoms with van der Waals surface area (Å²) in [5.41, 5.74) is 2.92. The Labute approximate surface area is 142 Å². The quantitative estimate of drug-likeness (QED) is 0.712. The molecular formula is C21H21NO2. The molecule has 0 aliphatic heterocycles. The molecule has 0 heterocycles. The van der Waals surface area contributed by atoms with Crippen molar-refractivity contribution in [1.82, 2.24) is 4.90 Å². The van der Waals surface area contributed by atoms with E-state index in [0.29, 0.717) is 17.9 Å². The van der Waals surface area contributed by atoms with Gasteiger partial charge in [0.05, 0.1) is 12.7 Å². The van der Waals surface area contributed by atoms with Crippen molar-refractivity contribution in [2.75, 3.05) is 14.2 Å². The van der Waals surface area contributed by atoms with E-state index in [4.69, 9.17) is 4.74 Å². The molecule has 0 fully saturated rings. The summed E-state index contributed by atoms with van der Waals surface area (Å²) in [5, 5.41) is 2.10. The van der Waals surface area contributed by atoms with Crippen LogP contribution in [0.2, 0.25) is 0 Å². The van der Waals surface area contributed by atoms with Gasteiger partial charge in [-0.3, -0.25) is 4.79 Å². The Kier molecular flexibility index (Phi) is 4.52. The fourth-order valence-corrected chi connectivity index (χ4v) is 2.88. The first-order valence-corrected chi connectivity index (χ1v) is 7.97. The summed E-state index contributed by atoms with van der Waals surface area (Å²) in [6.07, 6.45) is 0. The minimum Gasteiger partial charge on any atom is -0.496 e. The van der Waals surface area contributed by atoms with Crippen molar-refractivity contribution in [3.63, 3.8) is 0 Å². The van der Waals surface area contributed by atoms with Crippen molar-refractivity contribution in [3.05, 3.63) is 77.4 Å². The maximum absolute atomic E-state index is 12.9. The minimum atomic E-state index is -0.0409. The van der Waals surface area contributed by atoms with Gasteiger partial charge in [-0.25, -0.2) is 0 Å². The molecule has 0 atom stereocenters. The van der Waals surface area contributed by atoms with Gasteiger partial charge in [-0.2, -0.15) is 0 Å². The van der Waals surface area contributed by atoms with E-state index in [9.17, 15) is 4.79 Å². The predicted molar refractivity (Wildman–Crippen MR) is 97.5 cm³/mol. The fourth-order valence-electron chi connectivity index (χ4n) is 2.88. The Morgan fingerprint density at radius 2 is 1.62 bits per heavy atom. The monoisotopic (exact) mass is 319 g/mol. The first kappa shape index (κ1) is 16.1. The molecule has 0 spiro atoms. The molecule has 0 saturated heterocycles. The van der Waals surface area contributed by atoms with Crippen molar-refractivity contribution >= 4 is 16.7 Å². The highest BCUT2D eigenvalue weighted by atomic mass is 16.5. The third-order valence-corrected chi connectivity index (χ3v) is 4.31. The number of ether oxygens (including phenoxy) is 1. The van der Waals surface area contributed by atoms with E-state index in [1.54, 1.807) is 12.0 Å². The molecule has 3 aromatic rings. The van der Waals surface area contributed by atoms with E-state index in [0.717, 1.165) is 16.3 Å². The van der Waals surface area contributed by atoms with Crippen LogP contribution in [0, 0.1) is 6.92 Å². The summed E-state index contributed by atoms with van der Waals surface area (Å²) in [5.74, 6) is 0.566. The number of carbonyl (C=O) groups is 1. The van der Waals surface area contributed by atoms with Gasteiger partial charge in [0.15, 0.2) is 0 Å². The molecule has 3 aromatic carbocycles. The number of carbonyl (C=O) groups excluding carboxylic acids is 1. The number of hydrogen-bond donors (Lipinski definition) is 0. The molecule has 0 N–H and O–H groups in total. The maximum Gasteiger partial charge on any atom is 0.257 e. The highest BCUT2D eigenvalue weighted by molar-refractivity contribution is 6.01. The Balaban J connectivity index is 1.94. The van der Waals surface area contributed by atoms with Crippen molar-refractivity contribution in [3.8, 4) is 5.75 Å². The summed E-state index contributed by atoms with van der Waals surface area (Å²) < 4.78 is 5.45. The molecule has 0 aliphatic carbocycles. The molecule has 0 unspecified atom stereocenters. The molecule has 3 heteroatoms. The van der Waals surface area contributed by atoms with Gasteiger partial charge in [-0.15, -0.1) is 0 Å². The van der Waals surface area contributed by atoms with Gasteiger partial charge in [-0.05, 0) is 41.0 Å². The second-order valence-electron chi connectivity index (χ2n) is 5.99. The van der Waals surface area contributed by atoms with Gasteiger partial charge in [0.1, 0.15) is 5.75 Å². The highest BCUT2D eigenvalue weighted by Gasteiger charge is 2.18. The van der Waals surface area contributed by atoms with E-state index in [-0.39, 0.29) is 5.91 Å². The molecule has 0 aromatic heterocycles. The number of amides is 1. The van der Waals surface area contributed by atoms with E-state index in [1.807, 2.05) is 55.6 Å². The van der Waals surface area contributed by atoms with Crippen molar-refractivity contribution in [2.45, 2.75) is 13.5 Å². The summed E-state index contributed by atoms with van der Waals surface area (Å²) in [6, 6.07) is 19.9. The number of aryl methyl sites for hydroxylation is 1. The summed E-state index contributed by atoms with van der Waals surface area (Å²) in [4.78, 5) is 14.7. The lowest BCUT2D eigenvalue weighted by atomic mass is 10.0. The zero-order valence-electron chi connectivity index (χ0n) is 14.2. The lowest BCUT2D eigenvalue weighted by molar-refractivity contribution is 0.0781. The first-order valence-electron chi connectivity index (χ1n) is 7.97. The molecule has 122 valence electrons. The molecular weight excluding hydrogens is 298 g/mol. The summed E-state index contributed by atoms with van der Waals surface area (Å²) in [7, 11) is 3.42. The summed E-state index contributed by atoms with van der Waals surface area (Å²) >= 11 is 0. The van der Waals surface area contributed by atoms with Gasteiger partial charge in [0, 0.05) is 13.6 Å². The second kappa shape index (κ2) is 6.75. The smallest absolute Gasteiger partial charge is 0.257 e. The van der Waals surface area contributed by atoms with Crippen LogP contribution in [0.4, 0.5) is 0 Å². The SMILES string of the molecule is COc1cc2ccccc2cc1C(=O)N(C)Cc1ccccc1C. The Hall–Kier alpha value is -2.81. The lowest BCUT2D eigenvalue weighted by Gasteiger charge is -2.20. The van der Waals surface area contributed by atoms with E-state index < -0.39 is 0 Å². The van der Waals surface area contributed by atoms with Crippen LogP contribution in [0.1, 0.15) is 21.5 Å². The Morgan fingerprint density at radius 1 is 1.00 bits per heavy atom. The zero-order chi connectivity index (χ0) is 17.1. The number of nitrogens with zero attached hydrogens (tertiary/aromatic N) is 1. The van der Waals surface area contributed by atoms with Gasteiger partial charge in [0.2, 0.25) is 0 Å². The molecule has 3 rings (SSSR count). The largest absolute Gasteiger partial charge is 0.496 e. The van der Waals surface area contributed by atoms with Gasteiger partial charge >= 0.3 is 0 Å². The maximum atomic E-state index is 12.9. The molecule has 0 radical (unpaired) electrons. The van der Waals surface area contributed by atoms with Crippen molar-refractivity contribution in [1.29, 1.82) is 0 Å². The van der Waals surface area contributed by atoms with Crippen LogP contribution in [0.3, 0.4) is 0 Å². The van der Waals surface area contributed by atoms with Gasteiger partial charge < -0.3 is 9.64 Å².